The average molecular weight is 1060 g/mol. The number of likely N-dealkylation sites (tertiary alicyclic amines) is 1. The number of nitrogens with zero attached hydrogens (tertiary/aromatic N) is 5. The molecule has 4 aliphatic rings. The number of hydrogen-bond acceptors (Lipinski definition) is 11. The number of hydrazine groups is 1. The second-order valence-electron chi connectivity index (χ2n) is 22.8. The van der Waals surface area contributed by atoms with Gasteiger partial charge >= 0.3 is 5.97 Å². The molecule has 9 rings (SSSR count). The third-order valence-corrected chi connectivity index (χ3v) is 15.7. The average Bonchev–Trinajstić information content (AvgIpc) is 3.99. The topological polar surface area (TPSA) is 174 Å². The Labute approximate surface area is 450 Å². The van der Waals surface area contributed by atoms with Gasteiger partial charge in [0, 0.05) is 62.1 Å². The van der Waals surface area contributed by atoms with Crippen LogP contribution in [0.15, 0.2) is 79.0 Å². The summed E-state index contributed by atoms with van der Waals surface area (Å²) in [6.45, 7) is 15.5. The zero-order chi connectivity index (χ0) is 55.1. The number of amides is 4. The van der Waals surface area contributed by atoms with E-state index in [1.807, 2.05) is 81.4 Å². The molecule has 8 bridgehead atoms. The highest BCUT2D eigenvalue weighted by molar-refractivity contribution is 5.96. The molecule has 2 aromatic heterocycles. The van der Waals surface area contributed by atoms with Gasteiger partial charge in [0.25, 0.3) is 11.8 Å². The summed E-state index contributed by atoms with van der Waals surface area (Å²) in [5, 5.41) is 5.41. The Kier molecular flexibility index (Phi) is 15.9. The molecule has 2 fully saturated rings. The van der Waals surface area contributed by atoms with Crippen LogP contribution in [-0.2, 0) is 59.4 Å². The van der Waals surface area contributed by atoms with E-state index in [9.17, 15) is 24.0 Å². The molecular formula is C60H74FN7O9. The highest BCUT2D eigenvalue weighted by atomic mass is 19.1. The van der Waals surface area contributed by atoms with Crippen LogP contribution in [0, 0.1) is 17.3 Å². The number of aryl methyl sites for hydroxylation is 1. The summed E-state index contributed by atoms with van der Waals surface area (Å²) >= 11 is 0. The normalized spacial score (nSPS) is 22.8. The first-order chi connectivity index (χ1) is 36.7. The van der Waals surface area contributed by atoms with Gasteiger partial charge in [0.05, 0.1) is 42.3 Å². The van der Waals surface area contributed by atoms with Crippen molar-refractivity contribution in [3.8, 4) is 33.9 Å². The summed E-state index contributed by atoms with van der Waals surface area (Å²) in [4.78, 5) is 80.2. The van der Waals surface area contributed by atoms with Crippen molar-refractivity contribution in [2.24, 2.45) is 17.3 Å². The lowest BCUT2D eigenvalue weighted by Gasteiger charge is -2.38. The molecule has 2 saturated heterocycles. The van der Waals surface area contributed by atoms with Crippen molar-refractivity contribution >= 4 is 40.5 Å². The molecular weight excluding hydrogens is 982 g/mol. The van der Waals surface area contributed by atoms with E-state index < -0.39 is 82.8 Å². The third-order valence-electron chi connectivity index (χ3n) is 15.7. The molecule has 6 atom stereocenters. The van der Waals surface area contributed by atoms with Crippen molar-refractivity contribution in [3.05, 3.63) is 101 Å². The molecule has 0 saturated carbocycles. The first-order valence-electron chi connectivity index (χ1n) is 27.1. The zero-order valence-electron chi connectivity index (χ0n) is 46.1. The molecule has 4 amide bonds. The lowest BCUT2D eigenvalue weighted by molar-refractivity contribution is -0.155. The lowest BCUT2D eigenvalue weighted by atomic mass is 9.84. The van der Waals surface area contributed by atoms with Gasteiger partial charge in [0.2, 0.25) is 11.8 Å². The van der Waals surface area contributed by atoms with Crippen molar-refractivity contribution < 1.29 is 47.3 Å². The number of fused-ring (bicyclic) bond motifs is 8. The predicted molar refractivity (Wildman–Crippen MR) is 290 cm³/mol. The number of benzene rings is 3. The van der Waals surface area contributed by atoms with E-state index in [1.165, 1.54) is 28.7 Å². The standard InChI is InChI=1S/C60H74FN7O9/c1-11-66-49-20-19-39-28-44(49)46(53(66)45-29-42(31-62-51(45)36(4)74-10)75-32-37-16-13-12-14-17-37)30-59(5,6)34-77-57(72)47-18-15-22-68(64-47)56(71)48-26-38-24-40(39)27-41(25-38)76-33-50-43(21-23-67(50)58(73)60(7,8)61)55(70)65(9)52(35(2)3)54(69)63-48/h12-14,16-17,19-20,24-25,27-29,31,35-36,43,47-48,50,52,64H,11,15,18,21-23,26,30,32-34H2,1-10H3,(H,63,69)/t36-,43-,47-,48-,50+,52-/m0/s1. The quantitative estimate of drug-likeness (QED) is 0.136. The molecule has 2 N–H and O–H groups in total. The number of nitrogens with one attached hydrogen (secondary N) is 2. The number of aromatic nitrogens is 2. The number of alkyl halides is 1. The van der Waals surface area contributed by atoms with Crippen LogP contribution in [0.25, 0.3) is 33.3 Å². The van der Waals surface area contributed by atoms with Crippen LogP contribution in [0.2, 0.25) is 0 Å². The number of pyridine rings is 1. The fourth-order valence-electron chi connectivity index (χ4n) is 11.7. The summed E-state index contributed by atoms with van der Waals surface area (Å²) in [5.41, 5.74) is 7.99. The van der Waals surface area contributed by atoms with E-state index >= 15 is 4.39 Å². The molecule has 0 aliphatic carbocycles. The Morgan fingerprint density at radius 3 is 2.42 bits per heavy atom. The molecule has 17 heteroatoms. The molecule has 0 spiro atoms. The molecule has 77 heavy (non-hydrogen) atoms. The van der Waals surface area contributed by atoms with Gasteiger partial charge in [-0.1, -0.05) is 70.2 Å². The molecule has 16 nitrogen and oxygen atoms in total. The molecule has 3 aromatic carbocycles. The maximum Gasteiger partial charge on any atom is 0.324 e. The van der Waals surface area contributed by atoms with E-state index in [0.717, 1.165) is 50.1 Å². The number of carbonyl (C=O) groups is 5. The van der Waals surface area contributed by atoms with Gasteiger partial charge in [-0.3, -0.25) is 34.0 Å². The van der Waals surface area contributed by atoms with Gasteiger partial charge in [0.1, 0.15) is 42.8 Å². The number of rotatable bonds is 9. The van der Waals surface area contributed by atoms with Gasteiger partial charge in [-0.25, -0.2) is 9.82 Å². The Balaban J connectivity index is 1.25. The monoisotopic (exact) mass is 1060 g/mol. The van der Waals surface area contributed by atoms with Crippen molar-refractivity contribution in [2.45, 2.75) is 137 Å². The summed E-state index contributed by atoms with van der Waals surface area (Å²) in [5.74, 6) is -2.89. The third kappa shape index (κ3) is 11.4. The molecule has 6 heterocycles. The molecule has 410 valence electrons. The predicted octanol–water partition coefficient (Wildman–Crippen LogP) is 8.17. The van der Waals surface area contributed by atoms with Crippen LogP contribution in [0.3, 0.4) is 0 Å². The summed E-state index contributed by atoms with van der Waals surface area (Å²) in [7, 11) is 3.22. The maximum atomic E-state index is 15.5. The summed E-state index contributed by atoms with van der Waals surface area (Å²) in [6, 6.07) is 20.1. The number of carbonyl (C=O) groups excluding carboxylic acids is 5. The van der Waals surface area contributed by atoms with E-state index in [0.29, 0.717) is 49.5 Å². The van der Waals surface area contributed by atoms with Crippen LogP contribution in [0.5, 0.6) is 11.5 Å². The zero-order valence-corrected chi connectivity index (χ0v) is 46.1. The molecule has 0 radical (unpaired) electrons. The van der Waals surface area contributed by atoms with Gasteiger partial charge in [-0.2, -0.15) is 0 Å². The van der Waals surface area contributed by atoms with E-state index in [4.69, 9.17) is 23.9 Å². The number of likely N-dealkylation sites (N-methyl/N-ethyl adjacent to an activating group) is 1. The van der Waals surface area contributed by atoms with Crippen LogP contribution in [0.4, 0.5) is 4.39 Å². The number of hydrogen-bond donors (Lipinski definition) is 2. The number of cyclic esters (lactones) is 1. The second kappa shape index (κ2) is 22.2. The largest absolute Gasteiger partial charge is 0.491 e. The number of halogens is 1. The fraction of sp³-hybridized carbons (Fsp3) is 0.500. The van der Waals surface area contributed by atoms with Crippen molar-refractivity contribution in [3.63, 3.8) is 0 Å². The second-order valence-corrected chi connectivity index (χ2v) is 22.8. The summed E-state index contributed by atoms with van der Waals surface area (Å²) in [6.07, 6.45) is 2.96. The Bertz CT molecular complexity index is 3040. The van der Waals surface area contributed by atoms with Crippen molar-refractivity contribution in [1.82, 2.24) is 35.1 Å². The van der Waals surface area contributed by atoms with Gasteiger partial charge in [-0.15, -0.1) is 0 Å². The Morgan fingerprint density at radius 1 is 0.935 bits per heavy atom. The Hall–Kier alpha value is -6.85. The van der Waals surface area contributed by atoms with Gasteiger partial charge in [-0.05, 0) is 117 Å². The number of ether oxygens (including phenoxy) is 4. The number of methoxy groups -OCH3 is 1. The highest BCUT2D eigenvalue weighted by Crippen LogP contribution is 2.44. The first-order valence-corrected chi connectivity index (χ1v) is 27.1. The lowest BCUT2D eigenvalue weighted by Crippen LogP contribution is -2.62. The molecule has 5 aromatic rings. The number of esters is 1. The van der Waals surface area contributed by atoms with Crippen LogP contribution >= 0.6 is 0 Å². The first kappa shape index (κ1) is 54.9. The van der Waals surface area contributed by atoms with Crippen LogP contribution in [0.1, 0.15) is 103 Å². The SMILES string of the molecule is CCn1c(-c2cc(OCc3ccccc3)cnc2[C@H](C)OC)c2c3cc(ccc31)-c1cc3cc(c1)OC[C@@H]1[C@H](CCN1C(=O)C(C)(C)F)C(=O)N(C)[C@@H](C(C)C)C(=O)N[C@@H](C3)C(=O)N1CCC[C@H](N1)C(=O)OCC(C)(C)C2. The minimum Gasteiger partial charge on any atom is -0.491 e. The molecule has 4 aliphatic heterocycles. The van der Waals surface area contributed by atoms with Gasteiger partial charge in [0.15, 0.2) is 5.67 Å². The van der Waals surface area contributed by atoms with Crippen molar-refractivity contribution in [2.75, 3.05) is 40.5 Å². The molecule has 0 unspecified atom stereocenters. The minimum atomic E-state index is -2.22. The van der Waals surface area contributed by atoms with Gasteiger partial charge < -0.3 is 38.6 Å². The smallest absolute Gasteiger partial charge is 0.324 e. The van der Waals surface area contributed by atoms with Crippen molar-refractivity contribution in [1.29, 1.82) is 0 Å². The summed E-state index contributed by atoms with van der Waals surface area (Å²) < 4.78 is 43.1. The van der Waals surface area contributed by atoms with E-state index in [2.05, 4.69) is 48.2 Å². The van der Waals surface area contributed by atoms with Crippen LogP contribution in [-0.4, -0.2) is 124 Å². The maximum absolute atomic E-state index is 15.5. The van der Waals surface area contributed by atoms with Crippen LogP contribution < -0.4 is 20.2 Å². The minimum absolute atomic E-state index is 0.00539. The van der Waals surface area contributed by atoms with E-state index in [1.54, 1.807) is 20.4 Å². The highest BCUT2D eigenvalue weighted by Gasteiger charge is 2.48. The fourth-order valence-corrected chi connectivity index (χ4v) is 11.7. The Morgan fingerprint density at radius 2 is 1.70 bits per heavy atom. The van der Waals surface area contributed by atoms with E-state index in [-0.39, 0.29) is 39.1 Å².